The summed E-state index contributed by atoms with van der Waals surface area (Å²) in [6.45, 7) is 1.53. The number of fused-ring (bicyclic) bond motifs is 9. The van der Waals surface area contributed by atoms with Gasteiger partial charge in [-0.05, 0) is 57.3 Å². The Morgan fingerprint density at radius 3 is 1.98 bits per heavy atom. The van der Waals surface area contributed by atoms with Gasteiger partial charge in [-0.3, -0.25) is 4.99 Å². The first-order valence-corrected chi connectivity index (χ1v) is 17.0. The highest BCUT2D eigenvalue weighted by molar-refractivity contribution is 6.17. The molecular weight excluding hydrogens is 608 g/mol. The fourth-order valence-electron chi connectivity index (χ4n) is 7.76. The molecule has 8 aromatic rings. The van der Waals surface area contributed by atoms with Gasteiger partial charge >= 0.3 is 0 Å². The summed E-state index contributed by atoms with van der Waals surface area (Å²) in [6, 6.07) is 47.1. The maximum Gasteiger partial charge on any atom is 0.273 e. The number of rotatable bonds is 5. The Bertz CT molecular complexity index is 2560. The Labute approximate surface area is 283 Å². The molecule has 2 heterocycles. The zero-order valence-electron chi connectivity index (χ0n) is 27.1. The SMILES string of the molecule is CCC(F)(F)c1ccc(C2CCC(c3ccc(-c4cccc5c4oc4ccccc45)cc3)=Nc3c2c2ccccc2c2ccccc32)cc1. The molecule has 0 bridgehead atoms. The molecule has 0 radical (unpaired) electrons. The third-order valence-corrected chi connectivity index (χ3v) is 10.3. The van der Waals surface area contributed by atoms with Gasteiger partial charge < -0.3 is 4.42 Å². The van der Waals surface area contributed by atoms with E-state index in [1.807, 2.05) is 30.3 Å². The first-order chi connectivity index (χ1) is 24.0. The molecule has 0 N–H and O–H groups in total. The maximum atomic E-state index is 14.6. The quantitative estimate of drug-likeness (QED) is 0.172. The number of hydrogen-bond donors (Lipinski definition) is 0. The van der Waals surface area contributed by atoms with E-state index in [2.05, 4.69) is 97.1 Å². The van der Waals surface area contributed by atoms with Gasteiger partial charge in [-0.15, -0.1) is 0 Å². The number of para-hydroxylation sites is 2. The average Bonchev–Trinajstić information content (AvgIpc) is 3.42. The van der Waals surface area contributed by atoms with E-state index >= 15 is 0 Å². The average molecular weight is 642 g/mol. The van der Waals surface area contributed by atoms with Crippen molar-refractivity contribution in [3.05, 3.63) is 162 Å². The maximum absolute atomic E-state index is 14.6. The highest BCUT2D eigenvalue weighted by Gasteiger charge is 2.31. The molecule has 238 valence electrons. The van der Waals surface area contributed by atoms with Gasteiger partial charge in [0.25, 0.3) is 5.92 Å². The van der Waals surface area contributed by atoms with Crippen molar-refractivity contribution in [2.24, 2.45) is 4.99 Å². The number of hydrogen-bond acceptors (Lipinski definition) is 2. The normalized spacial score (nSPS) is 15.1. The van der Waals surface area contributed by atoms with E-state index in [9.17, 15) is 8.78 Å². The summed E-state index contributed by atoms with van der Waals surface area (Å²) in [6.07, 6.45) is 1.32. The fourth-order valence-corrected chi connectivity index (χ4v) is 7.76. The lowest BCUT2D eigenvalue weighted by atomic mass is 9.81. The monoisotopic (exact) mass is 641 g/mol. The molecule has 0 aliphatic carbocycles. The highest BCUT2D eigenvalue weighted by Crippen LogP contribution is 2.48. The highest BCUT2D eigenvalue weighted by atomic mass is 19.3. The summed E-state index contributed by atoms with van der Waals surface area (Å²) in [7, 11) is 0. The second kappa shape index (κ2) is 11.5. The molecule has 4 heteroatoms. The largest absolute Gasteiger partial charge is 0.455 e. The molecule has 0 spiro atoms. The van der Waals surface area contributed by atoms with Crippen LogP contribution >= 0.6 is 0 Å². The number of halogens is 2. The van der Waals surface area contributed by atoms with Crippen LogP contribution in [0, 0.1) is 0 Å². The van der Waals surface area contributed by atoms with Gasteiger partial charge in [0, 0.05) is 45.3 Å². The van der Waals surface area contributed by atoms with Gasteiger partial charge in [-0.2, -0.15) is 0 Å². The van der Waals surface area contributed by atoms with Gasteiger partial charge in [0.2, 0.25) is 0 Å². The van der Waals surface area contributed by atoms with E-state index in [1.54, 1.807) is 12.1 Å². The Balaban J connectivity index is 1.18. The van der Waals surface area contributed by atoms with Crippen LogP contribution in [0.5, 0.6) is 0 Å². The zero-order valence-corrected chi connectivity index (χ0v) is 27.1. The van der Waals surface area contributed by atoms with Crippen LogP contribution < -0.4 is 0 Å². The molecule has 2 nitrogen and oxygen atoms in total. The summed E-state index contributed by atoms with van der Waals surface area (Å²) in [5.74, 6) is -2.86. The predicted octanol–water partition coefficient (Wildman–Crippen LogP) is 13.1. The molecule has 0 fully saturated rings. The van der Waals surface area contributed by atoms with E-state index in [0.717, 1.165) is 90.2 Å². The van der Waals surface area contributed by atoms with Crippen molar-refractivity contribution in [3.63, 3.8) is 0 Å². The van der Waals surface area contributed by atoms with Crippen molar-refractivity contribution in [2.45, 2.75) is 38.0 Å². The topological polar surface area (TPSA) is 25.5 Å². The van der Waals surface area contributed by atoms with Crippen LogP contribution in [0.15, 0.2) is 149 Å². The predicted molar refractivity (Wildman–Crippen MR) is 199 cm³/mol. The minimum atomic E-state index is -2.85. The Morgan fingerprint density at radius 1 is 0.633 bits per heavy atom. The Hall–Kier alpha value is -5.61. The van der Waals surface area contributed by atoms with E-state index in [0.29, 0.717) is 0 Å². The second-order valence-electron chi connectivity index (χ2n) is 13.0. The van der Waals surface area contributed by atoms with Crippen molar-refractivity contribution < 1.29 is 13.2 Å². The molecule has 1 aromatic heterocycles. The van der Waals surface area contributed by atoms with Crippen LogP contribution in [0.4, 0.5) is 14.5 Å². The molecule has 7 aromatic carbocycles. The molecule has 49 heavy (non-hydrogen) atoms. The smallest absolute Gasteiger partial charge is 0.273 e. The van der Waals surface area contributed by atoms with Crippen LogP contribution in [0.2, 0.25) is 0 Å². The standard InChI is InChI=1S/C45H33F2NO/c1-2-45(46,47)31-24-22-28(23-25-31)32-26-27-40(48-43-38-14-6-4-11-35(38)34-10-3-5-13-37(34)42(32)43)30-20-18-29(19-21-30)33-15-9-16-39-36-12-7-8-17-41(36)49-44(33)39/h3-25,32H,2,26-27H2,1H3. The van der Waals surface area contributed by atoms with Gasteiger partial charge in [0.1, 0.15) is 11.2 Å². The number of aliphatic imine (C=N–C) groups is 1. The number of benzene rings is 7. The molecule has 1 aliphatic rings. The van der Waals surface area contributed by atoms with Crippen molar-refractivity contribution in [1.82, 2.24) is 0 Å². The van der Waals surface area contributed by atoms with E-state index in [1.165, 1.54) is 12.3 Å². The second-order valence-corrected chi connectivity index (χ2v) is 13.0. The summed E-state index contributed by atoms with van der Waals surface area (Å²) < 4.78 is 35.6. The van der Waals surface area contributed by atoms with Crippen LogP contribution in [-0.2, 0) is 5.92 Å². The Kier molecular flexibility index (Phi) is 6.94. The van der Waals surface area contributed by atoms with Crippen molar-refractivity contribution in [2.75, 3.05) is 0 Å². The summed E-state index contributed by atoms with van der Waals surface area (Å²) >= 11 is 0. The lowest BCUT2D eigenvalue weighted by Crippen LogP contribution is -2.12. The summed E-state index contributed by atoms with van der Waals surface area (Å²) in [5.41, 5.74) is 9.23. The van der Waals surface area contributed by atoms with Crippen LogP contribution in [0.3, 0.4) is 0 Å². The third kappa shape index (κ3) is 4.85. The molecule has 0 amide bonds. The van der Waals surface area contributed by atoms with Crippen molar-refractivity contribution in [1.29, 1.82) is 0 Å². The molecule has 0 saturated carbocycles. The van der Waals surface area contributed by atoms with Crippen LogP contribution in [0.25, 0.3) is 54.6 Å². The summed E-state index contributed by atoms with van der Waals surface area (Å²) in [4.78, 5) is 5.49. The molecule has 1 atom stereocenters. The lowest BCUT2D eigenvalue weighted by molar-refractivity contribution is -0.00830. The van der Waals surface area contributed by atoms with E-state index < -0.39 is 5.92 Å². The molecular formula is C45H33F2NO. The molecule has 0 saturated heterocycles. The van der Waals surface area contributed by atoms with E-state index in [-0.39, 0.29) is 17.9 Å². The van der Waals surface area contributed by atoms with Gasteiger partial charge in [0.15, 0.2) is 0 Å². The van der Waals surface area contributed by atoms with Crippen molar-refractivity contribution in [3.8, 4) is 11.1 Å². The molecule has 9 rings (SSSR count). The zero-order chi connectivity index (χ0) is 33.1. The van der Waals surface area contributed by atoms with Gasteiger partial charge in [-0.1, -0.05) is 140 Å². The lowest BCUT2D eigenvalue weighted by Gasteiger charge is -2.22. The minimum absolute atomic E-state index is 0.0139. The fraction of sp³-hybridized carbons (Fsp3) is 0.133. The molecule has 1 aliphatic heterocycles. The van der Waals surface area contributed by atoms with Crippen LogP contribution in [0.1, 0.15) is 54.4 Å². The van der Waals surface area contributed by atoms with Crippen LogP contribution in [-0.4, -0.2) is 5.71 Å². The molecule has 1 unspecified atom stereocenters. The first-order valence-electron chi connectivity index (χ1n) is 17.0. The Morgan fingerprint density at radius 2 is 1.24 bits per heavy atom. The number of alkyl halides is 2. The number of nitrogens with zero attached hydrogens (tertiary/aromatic N) is 1. The minimum Gasteiger partial charge on any atom is -0.455 e. The van der Waals surface area contributed by atoms with E-state index in [4.69, 9.17) is 9.41 Å². The van der Waals surface area contributed by atoms with Gasteiger partial charge in [0.05, 0.1) is 5.69 Å². The number of furan rings is 1. The van der Waals surface area contributed by atoms with Crippen molar-refractivity contribution >= 4 is 54.9 Å². The third-order valence-electron chi connectivity index (χ3n) is 10.3. The van der Waals surface area contributed by atoms with Gasteiger partial charge in [-0.25, -0.2) is 8.78 Å². The summed E-state index contributed by atoms with van der Waals surface area (Å²) in [5, 5.41) is 6.82. The first kappa shape index (κ1) is 29.5.